The number of esters is 1. The molecular weight excluding hydrogens is 547 g/mol. The number of nitrogens with one attached hydrogen (secondary N) is 1. The molecule has 0 saturated heterocycles. The summed E-state index contributed by atoms with van der Waals surface area (Å²) in [6.45, 7) is 4.07. The highest BCUT2D eigenvalue weighted by Crippen LogP contribution is 2.43. The van der Waals surface area contributed by atoms with Gasteiger partial charge in [0.2, 0.25) is 5.95 Å². The van der Waals surface area contributed by atoms with Crippen molar-refractivity contribution in [3.8, 4) is 11.5 Å². The Morgan fingerprint density at radius 1 is 1.24 bits per heavy atom. The van der Waals surface area contributed by atoms with Crippen molar-refractivity contribution in [2.24, 2.45) is 0 Å². The molecule has 1 atom stereocenters. The SMILES string of the molecule is CCOC(=O)C1=C(C)Nc2ncnn2C1c1cc(Br)c(OCc2ccc(Cl)c(Cl)c2)c(OC)c1. The molecule has 0 aliphatic carbocycles. The van der Waals surface area contributed by atoms with Crippen molar-refractivity contribution in [3.63, 3.8) is 0 Å². The van der Waals surface area contributed by atoms with E-state index >= 15 is 0 Å². The number of carbonyl (C=O) groups excluding carboxylic acids is 1. The molecule has 8 nitrogen and oxygen atoms in total. The summed E-state index contributed by atoms with van der Waals surface area (Å²) in [5, 5.41) is 8.37. The first-order valence-electron chi connectivity index (χ1n) is 10.3. The number of carbonyl (C=O) groups is 1. The summed E-state index contributed by atoms with van der Waals surface area (Å²) in [6.07, 6.45) is 1.43. The molecular formula is C23H21BrCl2N4O4. The predicted molar refractivity (Wildman–Crippen MR) is 133 cm³/mol. The lowest BCUT2D eigenvalue weighted by Crippen LogP contribution is -2.29. The van der Waals surface area contributed by atoms with Gasteiger partial charge in [-0.1, -0.05) is 29.3 Å². The fourth-order valence-corrected chi connectivity index (χ4v) is 4.59. The highest BCUT2D eigenvalue weighted by atomic mass is 79.9. The second-order valence-electron chi connectivity index (χ2n) is 7.39. The second kappa shape index (κ2) is 10.2. The Hall–Kier alpha value is -2.75. The number of methoxy groups -OCH3 is 1. The van der Waals surface area contributed by atoms with Crippen LogP contribution >= 0.6 is 39.1 Å². The molecule has 4 rings (SSSR count). The van der Waals surface area contributed by atoms with Crippen LogP contribution in [0.2, 0.25) is 10.0 Å². The van der Waals surface area contributed by atoms with E-state index in [9.17, 15) is 4.79 Å². The van der Waals surface area contributed by atoms with Gasteiger partial charge in [0.15, 0.2) is 11.5 Å². The van der Waals surface area contributed by atoms with Crippen molar-refractivity contribution in [2.45, 2.75) is 26.5 Å². The molecule has 1 unspecified atom stereocenters. The summed E-state index contributed by atoms with van der Waals surface area (Å²) in [4.78, 5) is 17.1. The van der Waals surface area contributed by atoms with Gasteiger partial charge in [-0.05, 0) is 65.2 Å². The molecule has 2 heterocycles. The zero-order valence-corrected chi connectivity index (χ0v) is 21.7. The molecule has 34 heavy (non-hydrogen) atoms. The summed E-state index contributed by atoms with van der Waals surface area (Å²) in [5.41, 5.74) is 2.65. The fourth-order valence-electron chi connectivity index (χ4n) is 3.69. The van der Waals surface area contributed by atoms with E-state index < -0.39 is 12.0 Å². The number of halogens is 3. The van der Waals surface area contributed by atoms with Crippen LogP contribution in [0.1, 0.15) is 31.0 Å². The minimum atomic E-state index is -0.577. The van der Waals surface area contributed by atoms with Gasteiger partial charge in [0.25, 0.3) is 0 Å². The number of hydrogen-bond acceptors (Lipinski definition) is 7. The molecule has 11 heteroatoms. The maximum Gasteiger partial charge on any atom is 0.338 e. The van der Waals surface area contributed by atoms with Crippen LogP contribution in [-0.2, 0) is 16.1 Å². The molecule has 0 bridgehead atoms. The van der Waals surface area contributed by atoms with E-state index in [1.54, 1.807) is 37.8 Å². The number of fused-ring (bicyclic) bond motifs is 1. The summed E-state index contributed by atoms with van der Waals surface area (Å²) < 4.78 is 19.3. The van der Waals surface area contributed by atoms with Gasteiger partial charge in [-0.25, -0.2) is 9.48 Å². The van der Waals surface area contributed by atoms with Crippen LogP contribution in [0.4, 0.5) is 5.95 Å². The number of allylic oxidation sites excluding steroid dienone is 1. The highest BCUT2D eigenvalue weighted by molar-refractivity contribution is 9.10. The third-order valence-corrected chi connectivity index (χ3v) is 6.55. The smallest absolute Gasteiger partial charge is 0.338 e. The quantitative estimate of drug-likeness (QED) is 0.362. The zero-order chi connectivity index (χ0) is 24.4. The van der Waals surface area contributed by atoms with Crippen molar-refractivity contribution < 1.29 is 19.0 Å². The summed E-state index contributed by atoms with van der Waals surface area (Å²) in [5.74, 6) is 1.06. The fraction of sp³-hybridized carbons (Fsp3) is 0.261. The van der Waals surface area contributed by atoms with Gasteiger partial charge in [-0.15, -0.1) is 0 Å². The average molecular weight is 568 g/mol. The van der Waals surface area contributed by atoms with Crippen LogP contribution in [-0.4, -0.2) is 34.5 Å². The van der Waals surface area contributed by atoms with Crippen LogP contribution in [0.15, 0.2) is 52.4 Å². The van der Waals surface area contributed by atoms with Crippen molar-refractivity contribution in [1.82, 2.24) is 14.8 Å². The van der Waals surface area contributed by atoms with Crippen LogP contribution in [0.25, 0.3) is 0 Å². The van der Waals surface area contributed by atoms with Crippen LogP contribution < -0.4 is 14.8 Å². The first kappa shape index (κ1) is 24.4. The zero-order valence-electron chi connectivity index (χ0n) is 18.6. The van der Waals surface area contributed by atoms with Gasteiger partial charge in [0, 0.05) is 5.70 Å². The van der Waals surface area contributed by atoms with E-state index in [-0.39, 0.29) is 13.2 Å². The van der Waals surface area contributed by atoms with Crippen molar-refractivity contribution >= 4 is 51.0 Å². The van der Waals surface area contributed by atoms with E-state index in [1.807, 2.05) is 18.2 Å². The Morgan fingerprint density at radius 3 is 2.74 bits per heavy atom. The molecule has 0 amide bonds. The Labute approximate surface area is 214 Å². The van der Waals surface area contributed by atoms with Gasteiger partial charge in [0.1, 0.15) is 19.0 Å². The predicted octanol–water partition coefficient (Wildman–Crippen LogP) is 5.79. The Morgan fingerprint density at radius 2 is 2.03 bits per heavy atom. The van der Waals surface area contributed by atoms with Gasteiger partial charge < -0.3 is 19.5 Å². The van der Waals surface area contributed by atoms with E-state index in [0.717, 1.165) is 11.1 Å². The lowest BCUT2D eigenvalue weighted by molar-refractivity contribution is -0.139. The molecule has 1 aromatic heterocycles. The Kier molecular flexibility index (Phi) is 7.35. The number of benzene rings is 2. The third kappa shape index (κ3) is 4.73. The van der Waals surface area contributed by atoms with Crippen LogP contribution in [0.5, 0.6) is 11.5 Å². The maximum absolute atomic E-state index is 12.9. The summed E-state index contributed by atoms with van der Waals surface area (Å²) in [7, 11) is 1.55. The Bertz CT molecular complexity index is 1280. The van der Waals surface area contributed by atoms with Crippen molar-refractivity contribution in [3.05, 3.63) is 73.6 Å². The molecule has 178 valence electrons. The standard InChI is InChI=1S/C23H21BrCl2N4O4/c1-4-33-22(31)19-12(2)29-23-27-11-28-30(23)20(19)14-8-15(24)21(18(9-14)32-3)34-10-13-5-6-16(25)17(26)7-13/h5-9,11,20H,4,10H2,1-3H3,(H,27,28,29). The largest absolute Gasteiger partial charge is 0.493 e. The molecule has 1 aliphatic rings. The van der Waals surface area contributed by atoms with Crippen molar-refractivity contribution in [1.29, 1.82) is 0 Å². The Balaban J connectivity index is 1.72. The molecule has 1 aliphatic heterocycles. The maximum atomic E-state index is 12.9. The number of aromatic nitrogens is 3. The van der Waals surface area contributed by atoms with Gasteiger partial charge in [0.05, 0.1) is 33.8 Å². The molecule has 3 aromatic rings. The minimum absolute atomic E-state index is 0.249. The normalized spacial score (nSPS) is 14.9. The number of ether oxygens (including phenoxy) is 3. The van der Waals surface area contributed by atoms with Gasteiger partial charge >= 0.3 is 5.97 Å². The molecule has 0 spiro atoms. The summed E-state index contributed by atoms with van der Waals surface area (Å²) in [6, 6.07) is 8.40. The van der Waals surface area contributed by atoms with E-state index in [4.69, 9.17) is 37.4 Å². The average Bonchev–Trinajstić information content (AvgIpc) is 3.27. The topological polar surface area (TPSA) is 87.5 Å². The van der Waals surface area contributed by atoms with E-state index in [2.05, 4.69) is 31.3 Å². The molecule has 0 fully saturated rings. The van der Waals surface area contributed by atoms with Crippen LogP contribution in [0.3, 0.4) is 0 Å². The lowest BCUT2D eigenvalue weighted by Gasteiger charge is -2.28. The first-order valence-corrected chi connectivity index (χ1v) is 11.9. The van der Waals surface area contributed by atoms with E-state index in [0.29, 0.717) is 43.2 Å². The van der Waals surface area contributed by atoms with Crippen LogP contribution in [0, 0.1) is 0 Å². The number of anilines is 1. The summed E-state index contributed by atoms with van der Waals surface area (Å²) >= 11 is 15.7. The molecule has 1 N–H and O–H groups in total. The molecule has 0 radical (unpaired) electrons. The second-order valence-corrected chi connectivity index (χ2v) is 9.05. The minimum Gasteiger partial charge on any atom is -0.493 e. The number of hydrogen-bond donors (Lipinski definition) is 1. The van der Waals surface area contributed by atoms with Gasteiger partial charge in [-0.2, -0.15) is 10.1 Å². The lowest BCUT2D eigenvalue weighted by atomic mass is 9.95. The molecule has 2 aromatic carbocycles. The first-order chi connectivity index (χ1) is 16.3. The monoisotopic (exact) mass is 566 g/mol. The molecule has 0 saturated carbocycles. The third-order valence-electron chi connectivity index (χ3n) is 5.22. The van der Waals surface area contributed by atoms with E-state index in [1.165, 1.54) is 6.33 Å². The van der Waals surface area contributed by atoms with Crippen molar-refractivity contribution in [2.75, 3.05) is 19.0 Å². The highest BCUT2D eigenvalue weighted by Gasteiger charge is 2.35. The number of nitrogens with zero attached hydrogens (tertiary/aromatic N) is 3. The number of rotatable bonds is 7. The van der Waals surface area contributed by atoms with Gasteiger partial charge in [-0.3, -0.25) is 0 Å².